The van der Waals surface area contributed by atoms with E-state index in [1.165, 1.54) is 0 Å². The van der Waals surface area contributed by atoms with Gasteiger partial charge in [0.1, 0.15) is 5.01 Å². The number of nitrogens with zero attached hydrogens (tertiary/aromatic N) is 1. The number of halogens is 1. The van der Waals surface area contributed by atoms with E-state index in [1.807, 2.05) is 18.2 Å². The van der Waals surface area contributed by atoms with Gasteiger partial charge in [-0.1, -0.05) is 11.6 Å². The van der Waals surface area contributed by atoms with Gasteiger partial charge in [-0.3, -0.25) is 0 Å². The summed E-state index contributed by atoms with van der Waals surface area (Å²) in [5, 5.41) is 5.13. The lowest BCUT2D eigenvalue weighted by atomic mass is 10.1. The Bertz CT molecular complexity index is 537. The van der Waals surface area contributed by atoms with Crippen LogP contribution in [0.25, 0.3) is 10.2 Å². The van der Waals surface area contributed by atoms with E-state index in [2.05, 4.69) is 10.3 Å². The Hall–Kier alpha value is -0.680. The SMILES string of the molecule is Clc1ccc2nc(COC3CCNCC3)sc2c1. The number of ether oxygens (including phenoxy) is 1. The maximum absolute atomic E-state index is 5.97. The molecule has 2 aromatic rings. The van der Waals surface area contributed by atoms with Crippen LogP contribution in [0.1, 0.15) is 17.8 Å². The van der Waals surface area contributed by atoms with E-state index in [0.717, 1.165) is 46.2 Å². The minimum absolute atomic E-state index is 0.377. The highest BCUT2D eigenvalue weighted by molar-refractivity contribution is 7.18. The summed E-state index contributed by atoms with van der Waals surface area (Å²) in [6.07, 6.45) is 2.56. The molecule has 0 unspecified atom stereocenters. The van der Waals surface area contributed by atoms with Crippen LogP contribution >= 0.6 is 22.9 Å². The fraction of sp³-hybridized carbons (Fsp3) is 0.462. The van der Waals surface area contributed by atoms with E-state index < -0.39 is 0 Å². The second kappa shape index (κ2) is 5.53. The van der Waals surface area contributed by atoms with Gasteiger partial charge in [0.25, 0.3) is 0 Å². The van der Waals surface area contributed by atoms with Gasteiger partial charge in [0, 0.05) is 5.02 Å². The molecular formula is C13H15ClN2OS. The van der Waals surface area contributed by atoms with Crippen LogP contribution in [0.3, 0.4) is 0 Å². The molecule has 96 valence electrons. The van der Waals surface area contributed by atoms with Gasteiger partial charge in [0.15, 0.2) is 0 Å². The molecule has 0 atom stereocenters. The summed E-state index contributed by atoms with van der Waals surface area (Å²) in [7, 11) is 0. The van der Waals surface area contributed by atoms with Crippen molar-refractivity contribution in [2.24, 2.45) is 0 Å². The molecule has 18 heavy (non-hydrogen) atoms. The van der Waals surface area contributed by atoms with Gasteiger partial charge >= 0.3 is 0 Å². The van der Waals surface area contributed by atoms with Crippen LogP contribution in [-0.2, 0) is 11.3 Å². The maximum atomic E-state index is 5.97. The summed E-state index contributed by atoms with van der Waals surface area (Å²) in [6, 6.07) is 5.80. The number of hydrogen-bond donors (Lipinski definition) is 1. The number of rotatable bonds is 3. The molecule has 1 saturated heterocycles. The van der Waals surface area contributed by atoms with Gasteiger partial charge in [0.05, 0.1) is 22.9 Å². The van der Waals surface area contributed by atoms with Crippen molar-refractivity contribution in [2.75, 3.05) is 13.1 Å². The van der Waals surface area contributed by atoms with E-state index in [4.69, 9.17) is 16.3 Å². The van der Waals surface area contributed by atoms with Gasteiger partial charge in [-0.15, -0.1) is 11.3 Å². The Morgan fingerprint density at radius 1 is 1.39 bits per heavy atom. The minimum atomic E-state index is 0.377. The third kappa shape index (κ3) is 2.83. The Balaban J connectivity index is 1.67. The molecule has 0 bridgehead atoms. The molecule has 1 aromatic heterocycles. The number of hydrogen-bond acceptors (Lipinski definition) is 4. The first-order valence-electron chi connectivity index (χ1n) is 6.18. The van der Waals surface area contributed by atoms with Crippen LogP contribution < -0.4 is 5.32 Å². The summed E-state index contributed by atoms with van der Waals surface area (Å²) in [6.45, 7) is 2.72. The van der Waals surface area contributed by atoms with Gasteiger partial charge in [-0.2, -0.15) is 0 Å². The molecular weight excluding hydrogens is 268 g/mol. The van der Waals surface area contributed by atoms with Gasteiger partial charge in [-0.05, 0) is 44.1 Å². The van der Waals surface area contributed by atoms with E-state index >= 15 is 0 Å². The Morgan fingerprint density at radius 2 is 2.22 bits per heavy atom. The number of nitrogens with one attached hydrogen (secondary N) is 1. The predicted octanol–water partition coefficient (Wildman–Crippen LogP) is 3.22. The normalized spacial score (nSPS) is 17.4. The monoisotopic (exact) mass is 282 g/mol. The molecule has 0 aliphatic carbocycles. The summed E-state index contributed by atoms with van der Waals surface area (Å²) in [4.78, 5) is 4.56. The number of piperidine rings is 1. The third-order valence-corrected chi connectivity index (χ3v) is 4.35. The molecule has 1 aromatic carbocycles. The first kappa shape index (κ1) is 12.4. The topological polar surface area (TPSA) is 34.1 Å². The van der Waals surface area contributed by atoms with Gasteiger partial charge < -0.3 is 10.1 Å². The average Bonchev–Trinajstić information content (AvgIpc) is 2.79. The molecule has 3 nitrogen and oxygen atoms in total. The summed E-state index contributed by atoms with van der Waals surface area (Å²) in [5.74, 6) is 0. The lowest BCUT2D eigenvalue weighted by molar-refractivity contribution is 0.0212. The van der Waals surface area contributed by atoms with Crippen LogP contribution in [0.2, 0.25) is 5.02 Å². The van der Waals surface area contributed by atoms with Gasteiger partial charge in [-0.25, -0.2) is 4.98 Å². The molecule has 1 fully saturated rings. The second-order valence-corrected chi connectivity index (χ2v) is 6.03. The van der Waals surface area contributed by atoms with E-state index in [1.54, 1.807) is 11.3 Å². The van der Waals surface area contributed by atoms with Crippen molar-refractivity contribution in [3.8, 4) is 0 Å². The standard InChI is InChI=1S/C13H15ClN2OS/c14-9-1-2-11-12(7-9)18-13(16-11)8-17-10-3-5-15-6-4-10/h1-2,7,10,15H,3-6,8H2. The number of aromatic nitrogens is 1. The molecule has 3 rings (SSSR count). The quantitative estimate of drug-likeness (QED) is 0.939. The van der Waals surface area contributed by atoms with Crippen LogP contribution in [0.4, 0.5) is 0 Å². The molecule has 0 amide bonds. The Morgan fingerprint density at radius 3 is 3.06 bits per heavy atom. The minimum Gasteiger partial charge on any atom is -0.371 e. The zero-order valence-electron chi connectivity index (χ0n) is 9.99. The van der Waals surface area contributed by atoms with Crippen molar-refractivity contribution in [3.63, 3.8) is 0 Å². The molecule has 1 aliphatic rings. The number of fused-ring (bicyclic) bond motifs is 1. The summed E-state index contributed by atoms with van der Waals surface area (Å²) < 4.78 is 7.03. The Labute approximate surface area is 115 Å². The summed E-state index contributed by atoms with van der Waals surface area (Å²) in [5.41, 5.74) is 1.01. The molecule has 1 aliphatic heterocycles. The van der Waals surface area contributed by atoms with Crippen molar-refractivity contribution < 1.29 is 4.74 Å². The Kier molecular flexibility index (Phi) is 3.80. The van der Waals surface area contributed by atoms with Crippen LogP contribution in [0, 0.1) is 0 Å². The first-order valence-corrected chi connectivity index (χ1v) is 7.38. The fourth-order valence-electron chi connectivity index (χ4n) is 2.16. The zero-order chi connectivity index (χ0) is 12.4. The van der Waals surface area contributed by atoms with Crippen molar-refractivity contribution >= 4 is 33.2 Å². The van der Waals surface area contributed by atoms with E-state index in [9.17, 15) is 0 Å². The van der Waals surface area contributed by atoms with Crippen molar-refractivity contribution in [2.45, 2.75) is 25.6 Å². The highest BCUT2D eigenvalue weighted by Gasteiger charge is 2.14. The summed E-state index contributed by atoms with van der Waals surface area (Å²) >= 11 is 7.63. The molecule has 0 spiro atoms. The number of benzene rings is 1. The smallest absolute Gasteiger partial charge is 0.120 e. The molecule has 2 heterocycles. The van der Waals surface area contributed by atoms with Crippen molar-refractivity contribution in [1.29, 1.82) is 0 Å². The lowest BCUT2D eigenvalue weighted by Gasteiger charge is -2.22. The highest BCUT2D eigenvalue weighted by Crippen LogP contribution is 2.26. The largest absolute Gasteiger partial charge is 0.371 e. The van der Waals surface area contributed by atoms with Crippen molar-refractivity contribution in [1.82, 2.24) is 10.3 Å². The molecule has 5 heteroatoms. The van der Waals surface area contributed by atoms with Crippen molar-refractivity contribution in [3.05, 3.63) is 28.2 Å². The zero-order valence-corrected chi connectivity index (χ0v) is 11.6. The van der Waals surface area contributed by atoms with Gasteiger partial charge in [0.2, 0.25) is 0 Å². The second-order valence-electron chi connectivity index (χ2n) is 4.48. The highest BCUT2D eigenvalue weighted by atomic mass is 35.5. The lowest BCUT2D eigenvalue weighted by Crippen LogP contribution is -2.32. The fourth-order valence-corrected chi connectivity index (χ4v) is 3.32. The molecule has 0 saturated carbocycles. The average molecular weight is 283 g/mol. The van der Waals surface area contributed by atoms with Crippen LogP contribution in [-0.4, -0.2) is 24.2 Å². The predicted molar refractivity (Wildman–Crippen MR) is 75.3 cm³/mol. The number of thiazole rings is 1. The third-order valence-electron chi connectivity index (χ3n) is 3.12. The molecule has 0 radical (unpaired) electrons. The van der Waals surface area contributed by atoms with Crippen LogP contribution in [0.5, 0.6) is 0 Å². The first-order chi connectivity index (χ1) is 8.81. The maximum Gasteiger partial charge on any atom is 0.120 e. The molecule has 1 N–H and O–H groups in total. The van der Waals surface area contributed by atoms with Crippen LogP contribution in [0.15, 0.2) is 18.2 Å². The van der Waals surface area contributed by atoms with E-state index in [-0.39, 0.29) is 0 Å². The van der Waals surface area contributed by atoms with E-state index in [0.29, 0.717) is 12.7 Å².